The first kappa shape index (κ1) is 36.4. The van der Waals surface area contributed by atoms with Gasteiger partial charge in [0, 0.05) is 43.4 Å². The van der Waals surface area contributed by atoms with Gasteiger partial charge in [-0.3, -0.25) is 0 Å². The number of nitrogens with zero attached hydrogens (tertiary/aromatic N) is 1. The topological polar surface area (TPSA) is 3.24 Å². The third kappa shape index (κ3) is 5.73. The number of rotatable bonds is 7. The van der Waals surface area contributed by atoms with Crippen molar-refractivity contribution in [2.24, 2.45) is 11.8 Å². The molecular weight excluding hydrogens is 755 g/mol. The highest BCUT2D eigenvalue weighted by atomic mass is 32.1. The second-order valence-electron chi connectivity index (χ2n) is 17.3. The first-order valence-corrected chi connectivity index (χ1v) is 23.0. The molecule has 0 N–H and O–H groups in total. The van der Waals surface area contributed by atoms with Crippen LogP contribution in [0.15, 0.2) is 217 Å². The fourth-order valence-corrected chi connectivity index (χ4v) is 12.8. The average molecular weight is 802 g/mol. The third-order valence-corrected chi connectivity index (χ3v) is 15.3. The molecule has 0 spiro atoms. The van der Waals surface area contributed by atoms with Crippen LogP contribution in [0.4, 0.5) is 17.1 Å². The van der Waals surface area contributed by atoms with E-state index in [0.717, 1.165) is 5.69 Å². The van der Waals surface area contributed by atoms with Gasteiger partial charge < -0.3 is 4.90 Å². The summed E-state index contributed by atoms with van der Waals surface area (Å²) in [6, 6.07) is 64.1. The molecular formula is C59H47NS. The molecule has 0 saturated heterocycles. The van der Waals surface area contributed by atoms with Crippen LogP contribution in [-0.2, 0) is 5.41 Å². The van der Waals surface area contributed by atoms with Crippen molar-refractivity contribution in [3.63, 3.8) is 0 Å². The Morgan fingerprint density at radius 2 is 1.21 bits per heavy atom. The summed E-state index contributed by atoms with van der Waals surface area (Å²) in [5.41, 5.74) is 15.3. The standard InChI is InChI=1S/C59H47NS/c1-3-19-40(20-4-1)45-31-15-21-41-22-16-32-49(57(41)45)48-29-9-13-35-53(48)60(54-36-18-38-56-58(54)50-30-10-14-37-55(50)61-56)44-26-17-25-43(39-44)59(42-23-5-2-6-24-42)51-33-11-7-27-46(51)47-28-8-12-34-52(47)59/h2,5-18,21-40,49,57H,1,3-4,19-20H2. The van der Waals surface area contributed by atoms with Crippen LogP contribution in [0.5, 0.6) is 0 Å². The number of hydrogen-bond acceptors (Lipinski definition) is 2. The second-order valence-corrected chi connectivity index (χ2v) is 18.4. The molecule has 0 radical (unpaired) electrons. The van der Waals surface area contributed by atoms with Crippen molar-refractivity contribution in [3.05, 3.63) is 245 Å². The Morgan fingerprint density at radius 1 is 0.541 bits per heavy atom. The van der Waals surface area contributed by atoms with Gasteiger partial charge in [0.25, 0.3) is 0 Å². The van der Waals surface area contributed by atoms with Crippen LogP contribution in [0.3, 0.4) is 0 Å². The zero-order chi connectivity index (χ0) is 40.3. The van der Waals surface area contributed by atoms with Gasteiger partial charge in [-0.2, -0.15) is 0 Å². The van der Waals surface area contributed by atoms with E-state index >= 15 is 0 Å². The van der Waals surface area contributed by atoms with Crippen LogP contribution < -0.4 is 4.90 Å². The van der Waals surface area contributed by atoms with Crippen molar-refractivity contribution in [1.82, 2.24) is 0 Å². The van der Waals surface area contributed by atoms with E-state index in [9.17, 15) is 0 Å². The first-order chi connectivity index (χ1) is 30.3. The van der Waals surface area contributed by atoms with Crippen LogP contribution >= 0.6 is 11.3 Å². The van der Waals surface area contributed by atoms with E-state index in [1.807, 2.05) is 11.3 Å². The lowest BCUT2D eigenvalue weighted by Gasteiger charge is -2.39. The van der Waals surface area contributed by atoms with Gasteiger partial charge in [-0.1, -0.05) is 195 Å². The van der Waals surface area contributed by atoms with E-state index in [-0.39, 0.29) is 5.92 Å². The molecule has 1 nitrogen and oxygen atoms in total. The maximum atomic E-state index is 2.61. The summed E-state index contributed by atoms with van der Waals surface area (Å²) in [4.78, 5) is 2.61. The minimum Gasteiger partial charge on any atom is -0.310 e. The lowest BCUT2D eigenvalue weighted by Crippen LogP contribution is -2.29. The molecule has 1 aromatic heterocycles. The van der Waals surface area contributed by atoms with Crippen LogP contribution in [0, 0.1) is 11.8 Å². The van der Waals surface area contributed by atoms with E-state index in [0.29, 0.717) is 11.8 Å². The number of anilines is 3. The van der Waals surface area contributed by atoms with Gasteiger partial charge in [0.05, 0.1) is 11.1 Å². The normalized spacial score (nSPS) is 19.0. The summed E-state index contributed by atoms with van der Waals surface area (Å²) < 4.78 is 2.62. The summed E-state index contributed by atoms with van der Waals surface area (Å²) in [5, 5.41) is 2.61. The summed E-state index contributed by atoms with van der Waals surface area (Å²) >= 11 is 1.89. The Kier molecular flexibility index (Phi) is 8.89. The number of thiophene rings is 1. The van der Waals surface area contributed by atoms with Gasteiger partial charge in [-0.15, -0.1) is 11.3 Å². The van der Waals surface area contributed by atoms with Crippen LogP contribution in [-0.4, -0.2) is 0 Å². The average Bonchev–Trinajstić information content (AvgIpc) is 3.87. The minimum atomic E-state index is -0.503. The Bertz CT molecular complexity index is 3050. The lowest BCUT2D eigenvalue weighted by molar-refractivity contribution is 0.373. The van der Waals surface area contributed by atoms with Gasteiger partial charge in [0.15, 0.2) is 0 Å². The molecule has 7 aromatic carbocycles. The monoisotopic (exact) mass is 801 g/mol. The summed E-state index contributed by atoms with van der Waals surface area (Å²) in [5.74, 6) is 1.15. The highest BCUT2D eigenvalue weighted by molar-refractivity contribution is 7.26. The Balaban J connectivity index is 1.11. The number of benzene rings is 7. The molecule has 2 heteroatoms. The van der Waals surface area contributed by atoms with E-state index in [4.69, 9.17) is 0 Å². The van der Waals surface area contributed by atoms with E-state index in [1.165, 1.54) is 108 Å². The molecule has 294 valence electrons. The Hall–Kier alpha value is -6.48. The van der Waals surface area contributed by atoms with Crippen molar-refractivity contribution in [2.45, 2.75) is 43.4 Å². The number of hydrogen-bond donors (Lipinski definition) is 0. The SMILES string of the molecule is C1=CC2=CC=CC(c3ccccc3N(c3cccc(C4(c5ccccc5)c5ccccc5-c5ccccc54)c3)c3cccc4sc5ccccc5c34)C2C(C2CCCCC2)=C1. The van der Waals surface area contributed by atoms with Crippen molar-refractivity contribution < 1.29 is 0 Å². The van der Waals surface area contributed by atoms with Gasteiger partial charge in [-0.05, 0) is 99.7 Å². The molecule has 8 aromatic rings. The molecule has 2 unspecified atom stereocenters. The highest BCUT2D eigenvalue weighted by Crippen LogP contribution is 2.57. The van der Waals surface area contributed by atoms with Crippen LogP contribution in [0.1, 0.15) is 65.8 Å². The predicted molar refractivity (Wildman–Crippen MR) is 259 cm³/mol. The van der Waals surface area contributed by atoms with Crippen LogP contribution in [0.2, 0.25) is 0 Å². The molecule has 2 atom stereocenters. The molecule has 0 aliphatic heterocycles. The Morgan fingerprint density at radius 3 is 2.05 bits per heavy atom. The maximum Gasteiger partial charge on any atom is 0.0714 e. The fraction of sp³-hybridized carbons (Fsp3) is 0.153. The molecule has 0 bridgehead atoms. The summed E-state index contributed by atoms with van der Waals surface area (Å²) in [6.07, 6.45) is 21.0. The largest absolute Gasteiger partial charge is 0.310 e. The summed E-state index contributed by atoms with van der Waals surface area (Å²) in [6.45, 7) is 0. The molecule has 1 heterocycles. The van der Waals surface area contributed by atoms with E-state index in [2.05, 4.69) is 211 Å². The predicted octanol–water partition coefficient (Wildman–Crippen LogP) is 16.2. The first-order valence-electron chi connectivity index (χ1n) is 22.2. The lowest BCUT2D eigenvalue weighted by atomic mass is 9.66. The zero-order valence-electron chi connectivity index (χ0n) is 34.3. The molecule has 4 aliphatic rings. The van der Waals surface area contributed by atoms with Crippen molar-refractivity contribution in [1.29, 1.82) is 0 Å². The molecule has 1 fully saturated rings. The highest BCUT2D eigenvalue weighted by Gasteiger charge is 2.46. The van der Waals surface area contributed by atoms with E-state index < -0.39 is 5.41 Å². The smallest absolute Gasteiger partial charge is 0.0714 e. The molecule has 12 rings (SSSR count). The minimum absolute atomic E-state index is 0.197. The summed E-state index contributed by atoms with van der Waals surface area (Å²) in [7, 11) is 0. The number of fused-ring (bicyclic) bond motifs is 7. The van der Waals surface area contributed by atoms with Crippen LogP contribution in [0.25, 0.3) is 31.3 Å². The third-order valence-electron chi connectivity index (χ3n) is 14.2. The van der Waals surface area contributed by atoms with E-state index in [1.54, 1.807) is 5.57 Å². The molecule has 1 saturated carbocycles. The van der Waals surface area contributed by atoms with Gasteiger partial charge in [0.1, 0.15) is 0 Å². The van der Waals surface area contributed by atoms with Gasteiger partial charge in [-0.25, -0.2) is 0 Å². The van der Waals surface area contributed by atoms with Crippen molar-refractivity contribution in [2.75, 3.05) is 4.90 Å². The Labute approximate surface area is 363 Å². The fourth-order valence-electron chi connectivity index (χ4n) is 11.7. The van der Waals surface area contributed by atoms with Crippen molar-refractivity contribution in [3.8, 4) is 11.1 Å². The quantitative estimate of drug-likeness (QED) is 0.155. The van der Waals surface area contributed by atoms with Gasteiger partial charge in [0.2, 0.25) is 0 Å². The van der Waals surface area contributed by atoms with Gasteiger partial charge >= 0.3 is 0 Å². The zero-order valence-corrected chi connectivity index (χ0v) is 35.1. The molecule has 4 aliphatic carbocycles. The maximum absolute atomic E-state index is 2.61. The number of allylic oxidation sites excluding steroid dienone is 8. The molecule has 0 amide bonds. The number of para-hydroxylation sites is 1. The van der Waals surface area contributed by atoms with Crippen molar-refractivity contribution >= 4 is 48.6 Å². The molecule has 61 heavy (non-hydrogen) atoms. The second kappa shape index (κ2) is 14.9.